The molecule has 1 N–H and O–H groups in total. The summed E-state index contributed by atoms with van der Waals surface area (Å²) < 4.78 is 22.4. The van der Waals surface area contributed by atoms with Crippen molar-refractivity contribution < 1.29 is 23.3 Å². The molecular formula is C20H23NO5S. The third-order valence-corrected chi connectivity index (χ3v) is 5.38. The van der Waals surface area contributed by atoms with Crippen molar-refractivity contribution in [1.29, 1.82) is 0 Å². The van der Waals surface area contributed by atoms with E-state index in [0.717, 1.165) is 0 Å². The molecule has 144 valence electrons. The van der Waals surface area contributed by atoms with Crippen LogP contribution in [0.2, 0.25) is 0 Å². The topological polar surface area (TPSA) is 81.7 Å². The first-order chi connectivity index (χ1) is 13.1. The monoisotopic (exact) mass is 389 g/mol. The zero-order valence-electron chi connectivity index (χ0n) is 15.3. The highest BCUT2D eigenvalue weighted by molar-refractivity contribution is 7.85. The van der Waals surface area contributed by atoms with Crippen LogP contribution in [0.25, 0.3) is 0 Å². The smallest absolute Gasteiger partial charge is 0.328 e. The number of esters is 1. The minimum absolute atomic E-state index is 0.186. The number of hydrogen-bond donors (Lipinski definition) is 1. The molecule has 0 radical (unpaired) electrons. The van der Waals surface area contributed by atoms with Crippen LogP contribution >= 0.6 is 0 Å². The van der Waals surface area contributed by atoms with E-state index in [1.807, 2.05) is 12.1 Å². The summed E-state index contributed by atoms with van der Waals surface area (Å²) in [7, 11) is 1.40. The van der Waals surface area contributed by atoms with Gasteiger partial charge in [0.1, 0.15) is 6.04 Å². The van der Waals surface area contributed by atoms with E-state index in [4.69, 9.17) is 9.47 Å². The molecule has 0 saturated carbocycles. The van der Waals surface area contributed by atoms with E-state index in [-0.39, 0.29) is 12.2 Å². The van der Waals surface area contributed by atoms with E-state index in [9.17, 15) is 13.8 Å². The molecule has 0 spiro atoms. The average molecular weight is 389 g/mol. The number of rotatable bonds is 9. The van der Waals surface area contributed by atoms with Gasteiger partial charge in [0.05, 0.1) is 17.9 Å². The van der Waals surface area contributed by atoms with Gasteiger partial charge in [-0.3, -0.25) is 9.00 Å². The molecule has 0 saturated heterocycles. The standard InChI is InChI=1S/C20H23NO5S/c1-25-18(15-9-5-3-6-10-15)19(22)21-17(20(23)26-2)13-14-27(24)16-11-7-4-8-12-16/h3-12,17-18H,13-14H2,1-2H3,(H,21,22)/t17-,18+,27-/m1/s1. The third-order valence-electron chi connectivity index (χ3n) is 3.98. The highest BCUT2D eigenvalue weighted by Crippen LogP contribution is 2.17. The second-order valence-electron chi connectivity index (χ2n) is 5.76. The second-order valence-corrected chi connectivity index (χ2v) is 7.33. The fraction of sp³-hybridized carbons (Fsp3) is 0.300. The van der Waals surface area contributed by atoms with Crippen LogP contribution in [0.1, 0.15) is 18.1 Å². The first-order valence-corrected chi connectivity index (χ1v) is 9.78. The molecule has 0 unspecified atom stereocenters. The maximum absolute atomic E-state index is 12.6. The Balaban J connectivity index is 2.04. The molecule has 0 aromatic heterocycles. The van der Waals surface area contributed by atoms with E-state index in [2.05, 4.69) is 5.32 Å². The van der Waals surface area contributed by atoms with Gasteiger partial charge in [0.25, 0.3) is 5.91 Å². The van der Waals surface area contributed by atoms with Crippen LogP contribution in [-0.4, -0.2) is 42.1 Å². The summed E-state index contributed by atoms with van der Waals surface area (Å²) in [6.07, 6.45) is -0.663. The number of amides is 1. The summed E-state index contributed by atoms with van der Waals surface area (Å²) in [5.41, 5.74) is 0.675. The zero-order chi connectivity index (χ0) is 19.6. The molecule has 7 heteroatoms. The van der Waals surface area contributed by atoms with E-state index in [0.29, 0.717) is 10.5 Å². The third kappa shape index (κ3) is 6.01. The van der Waals surface area contributed by atoms with Gasteiger partial charge >= 0.3 is 5.97 Å². The molecule has 0 bridgehead atoms. The van der Waals surface area contributed by atoms with Crippen molar-refractivity contribution in [2.45, 2.75) is 23.5 Å². The second kappa shape index (κ2) is 10.6. The fourth-order valence-electron chi connectivity index (χ4n) is 2.58. The van der Waals surface area contributed by atoms with Crippen molar-refractivity contribution in [3.8, 4) is 0 Å². The fourth-order valence-corrected chi connectivity index (χ4v) is 3.72. The maximum Gasteiger partial charge on any atom is 0.328 e. The number of hydrogen-bond acceptors (Lipinski definition) is 5. The predicted octanol–water partition coefficient (Wildman–Crippen LogP) is 2.23. The summed E-state index contributed by atoms with van der Waals surface area (Å²) >= 11 is 0. The molecule has 2 rings (SSSR count). The first kappa shape index (κ1) is 20.8. The van der Waals surface area contributed by atoms with Crippen LogP contribution in [0.15, 0.2) is 65.6 Å². The summed E-state index contributed by atoms with van der Waals surface area (Å²) in [6, 6.07) is 17.0. The molecule has 2 aromatic carbocycles. The number of methoxy groups -OCH3 is 2. The Morgan fingerprint density at radius 2 is 1.59 bits per heavy atom. The van der Waals surface area contributed by atoms with E-state index < -0.39 is 34.8 Å². The van der Waals surface area contributed by atoms with Crippen LogP contribution < -0.4 is 5.32 Å². The number of carbonyl (C=O) groups excluding carboxylic acids is 2. The summed E-state index contributed by atoms with van der Waals surface area (Å²) in [6.45, 7) is 0. The van der Waals surface area contributed by atoms with Gasteiger partial charge in [-0.05, 0) is 24.1 Å². The zero-order valence-corrected chi connectivity index (χ0v) is 16.1. The Morgan fingerprint density at radius 3 is 2.15 bits per heavy atom. The van der Waals surface area contributed by atoms with Gasteiger partial charge in [-0.15, -0.1) is 0 Å². The van der Waals surface area contributed by atoms with Crippen LogP contribution in [0.5, 0.6) is 0 Å². The molecule has 0 heterocycles. The average Bonchev–Trinajstić information content (AvgIpc) is 2.72. The van der Waals surface area contributed by atoms with Gasteiger partial charge in [-0.25, -0.2) is 4.79 Å². The number of ether oxygens (including phenoxy) is 2. The summed E-state index contributed by atoms with van der Waals surface area (Å²) in [5.74, 6) is -0.825. The number of carbonyl (C=O) groups is 2. The lowest BCUT2D eigenvalue weighted by Crippen LogP contribution is -2.44. The van der Waals surface area contributed by atoms with Crippen molar-refractivity contribution in [2.75, 3.05) is 20.0 Å². The normalized spacial score (nSPS) is 14.0. The van der Waals surface area contributed by atoms with Crippen molar-refractivity contribution in [1.82, 2.24) is 5.32 Å². The molecule has 0 fully saturated rings. The Morgan fingerprint density at radius 1 is 1.00 bits per heavy atom. The van der Waals surface area contributed by atoms with Crippen LogP contribution in [0, 0.1) is 0 Å². The molecule has 0 aliphatic carbocycles. The van der Waals surface area contributed by atoms with E-state index in [1.165, 1.54) is 14.2 Å². The maximum atomic E-state index is 12.6. The quantitative estimate of drug-likeness (QED) is 0.665. The summed E-state index contributed by atoms with van der Waals surface area (Å²) in [4.78, 5) is 25.3. The molecular weight excluding hydrogens is 366 g/mol. The van der Waals surface area contributed by atoms with E-state index >= 15 is 0 Å². The SMILES string of the molecule is COC(=O)[C@@H](CC[S@@](=O)c1ccccc1)NC(=O)[C@@H](OC)c1ccccc1. The summed E-state index contributed by atoms with van der Waals surface area (Å²) in [5, 5.41) is 2.65. The highest BCUT2D eigenvalue weighted by Gasteiger charge is 2.27. The van der Waals surface area contributed by atoms with Gasteiger partial charge in [0.2, 0.25) is 0 Å². The lowest BCUT2D eigenvalue weighted by Gasteiger charge is -2.20. The predicted molar refractivity (Wildman–Crippen MR) is 102 cm³/mol. The minimum Gasteiger partial charge on any atom is -0.467 e. The largest absolute Gasteiger partial charge is 0.467 e. The van der Waals surface area contributed by atoms with Gasteiger partial charge in [0.15, 0.2) is 6.10 Å². The molecule has 0 aliphatic rings. The Kier molecular flexibility index (Phi) is 8.16. The Hall–Kier alpha value is -2.51. The first-order valence-electron chi connectivity index (χ1n) is 8.46. The molecule has 0 aliphatic heterocycles. The van der Waals surface area contributed by atoms with Crippen molar-refractivity contribution in [3.05, 3.63) is 66.2 Å². The number of nitrogens with one attached hydrogen (secondary N) is 1. The van der Waals surface area contributed by atoms with Gasteiger partial charge in [0, 0.05) is 17.8 Å². The molecule has 2 aromatic rings. The molecule has 27 heavy (non-hydrogen) atoms. The van der Waals surface area contributed by atoms with Crippen LogP contribution in [0.3, 0.4) is 0 Å². The lowest BCUT2D eigenvalue weighted by atomic mass is 10.1. The number of benzene rings is 2. The molecule has 6 nitrogen and oxygen atoms in total. The highest BCUT2D eigenvalue weighted by atomic mass is 32.2. The van der Waals surface area contributed by atoms with Crippen LogP contribution in [-0.2, 0) is 29.9 Å². The van der Waals surface area contributed by atoms with Crippen molar-refractivity contribution >= 4 is 22.7 Å². The Bertz CT molecular complexity index is 766. The van der Waals surface area contributed by atoms with Gasteiger partial charge in [-0.2, -0.15) is 0 Å². The molecule has 1 amide bonds. The van der Waals surface area contributed by atoms with Gasteiger partial charge in [-0.1, -0.05) is 48.5 Å². The lowest BCUT2D eigenvalue weighted by molar-refractivity contribution is -0.146. The van der Waals surface area contributed by atoms with E-state index in [1.54, 1.807) is 48.5 Å². The Labute approximate surface area is 161 Å². The van der Waals surface area contributed by atoms with Crippen molar-refractivity contribution in [2.24, 2.45) is 0 Å². The van der Waals surface area contributed by atoms with Gasteiger partial charge < -0.3 is 14.8 Å². The van der Waals surface area contributed by atoms with Crippen LogP contribution in [0.4, 0.5) is 0 Å². The minimum atomic E-state index is -1.28. The molecule has 3 atom stereocenters. The van der Waals surface area contributed by atoms with Crippen molar-refractivity contribution in [3.63, 3.8) is 0 Å².